The van der Waals surface area contributed by atoms with E-state index in [1.54, 1.807) is 0 Å². The zero-order chi connectivity index (χ0) is 15.5. The fourth-order valence-electron chi connectivity index (χ4n) is 2.72. The number of pyridine rings is 1. The number of sulfonamides is 1. The van der Waals surface area contributed by atoms with Crippen molar-refractivity contribution < 1.29 is 12.8 Å². The van der Waals surface area contributed by atoms with Crippen molar-refractivity contribution >= 4 is 10.0 Å². The zero-order valence-electron chi connectivity index (χ0n) is 12.5. The van der Waals surface area contributed by atoms with Gasteiger partial charge >= 0.3 is 0 Å². The Morgan fingerprint density at radius 1 is 1.43 bits per heavy atom. The molecule has 0 aliphatic carbocycles. The quantitative estimate of drug-likeness (QED) is 0.830. The Bertz CT molecular complexity index is 571. The second-order valence-electron chi connectivity index (χ2n) is 5.38. The number of hydrogen-bond acceptors (Lipinski definition) is 4. The first kappa shape index (κ1) is 16.3. The van der Waals surface area contributed by atoms with Gasteiger partial charge in [0.25, 0.3) is 10.0 Å². The van der Waals surface area contributed by atoms with Crippen molar-refractivity contribution in [3.05, 3.63) is 24.1 Å². The van der Waals surface area contributed by atoms with Crippen LogP contribution >= 0.6 is 0 Å². The molecule has 0 atom stereocenters. The minimum Gasteiger partial charge on any atom is -0.303 e. The molecule has 21 heavy (non-hydrogen) atoms. The largest absolute Gasteiger partial charge is 0.303 e. The highest BCUT2D eigenvalue weighted by atomic mass is 32.2. The van der Waals surface area contributed by atoms with E-state index in [1.807, 2.05) is 0 Å². The van der Waals surface area contributed by atoms with Crippen LogP contribution in [0.15, 0.2) is 23.4 Å². The van der Waals surface area contributed by atoms with Crippen LogP contribution in [0.2, 0.25) is 0 Å². The molecule has 1 aliphatic rings. The van der Waals surface area contributed by atoms with Gasteiger partial charge in [-0.2, -0.15) is 4.31 Å². The normalized spacial score (nSPS) is 18.3. The molecule has 0 radical (unpaired) electrons. The molecule has 1 aliphatic heterocycles. The fraction of sp³-hybridized carbons (Fsp3) is 0.643. The van der Waals surface area contributed by atoms with E-state index in [0.717, 1.165) is 45.0 Å². The van der Waals surface area contributed by atoms with Gasteiger partial charge in [0.05, 0.1) is 0 Å². The van der Waals surface area contributed by atoms with E-state index in [-0.39, 0.29) is 6.04 Å². The Kier molecular flexibility index (Phi) is 5.29. The number of rotatable bonds is 5. The second-order valence-corrected chi connectivity index (χ2v) is 7.30. The molecule has 7 heteroatoms. The van der Waals surface area contributed by atoms with Gasteiger partial charge in [-0.3, -0.25) is 0 Å². The van der Waals surface area contributed by atoms with E-state index in [4.69, 9.17) is 0 Å². The van der Waals surface area contributed by atoms with Crippen LogP contribution in [0.1, 0.15) is 26.2 Å². The lowest BCUT2D eigenvalue weighted by Crippen LogP contribution is -2.45. The Labute approximate surface area is 125 Å². The highest BCUT2D eigenvalue weighted by Gasteiger charge is 2.33. The van der Waals surface area contributed by atoms with Gasteiger partial charge in [0.1, 0.15) is 0 Å². The summed E-state index contributed by atoms with van der Waals surface area (Å²) in [5.74, 6) is -0.798. The van der Waals surface area contributed by atoms with E-state index < -0.39 is 20.9 Å². The van der Waals surface area contributed by atoms with Gasteiger partial charge in [-0.25, -0.2) is 17.8 Å². The van der Waals surface area contributed by atoms with Gasteiger partial charge in [-0.15, -0.1) is 0 Å². The van der Waals surface area contributed by atoms with Gasteiger partial charge in [-0.1, -0.05) is 6.92 Å². The van der Waals surface area contributed by atoms with Gasteiger partial charge in [-0.05, 0) is 51.0 Å². The third kappa shape index (κ3) is 3.59. The zero-order valence-corrected chi connectivity index (χ0v) is 13.3. The van der Waals surface area contributed by atoms with Crippen LogP contribution in [-0.2, 0) is 10.0 Å². The number of piperidine rings is 1. The highest BCUT2D eigenvalue weighted by molar-refractivity contribution is 7.89. The van der Waals surface area contributed by atoms with Crippen LogP contribution in [0.25, 0.3) is 0 Å². The van der Waals surface area contributed by atoms with Crippen LogP contribution in [0.3, 0.4) is 0 Å². The van der Waals surface area contributed by atoms with Crippen molar-refractivity contribution in [3.8, 4) is 0 Å². The SMILES string of the molecule is CCCN1CCC(N(C)S(=O)(=O)c2ncccc2F)CC1. The van der Waals surface area contributed by atoms with Crippen molar-refractivity contribution in [1.82, 2.24) is 14.2 Å². The predicted octanol–water partition coefficient (Wildman–Crippen LogP) is 1.72. The fourth-order valence-corrected chi connectivity index (χ4v) is 4.10. The molecule has 0 spiro atoms. The van der Waals surface area contributed by atoms with Crippen LogP contribution in [0.4, 0.5) is 4.39 Å². The summed E-state index contributed by atoms with van der Waals surface area (Å²) in [7, 11) is -2.35. The summed E-state index contributed by atoms with van der Waals surface area (Å²) >= 11 is 0. The van der Waals surface area contributed by atoms with Crippen molar-refractivity contribution in [2.45, 2.75) is 37.3 Å². The first-order chi connectivity index (χ1) is 9.96. The average molecular weight is 315 g/mol. The third-order valence-corrected chi connectivity index (χ3v) is 5.80. The Morgan fingerprint density at radius 3 is 2.67 bits per heavy atom. The van der Waals surface area contributed by atoms with Gasteiger partial charge < -0.3 is 4.90 Å². The number of hydrogen-bond donors (Lipinski definition) is 0. The molecule has 0 amide bonds. The molecule has 1 aromatic rings. The first-order valence-corrected chi connectivity index (χ1v) is 8.71. The summed E-state index contributed by atoms with van der Waals surface area (Å²) < 4.78 is 39.9. The highest BCUT2D eigenvalue weighted by Crippen LogP contribution is 2.23. The van der Waals surface area contributed by atoms with Crippen LogP contribution in [-0.4, -0.2) is 55.3 Å². The lowest BCUT2D eigenvalue weighted by atomic mass is 10.1. The maximum absolute atomic E-state index is 13.7. The maximum atomic E-state index is 13.7. The minimum absolute atomic E-state index is 0.0930. The molecular weight excluding hydrogens is 293 g/mol. The van der Waals surface area contributed by atoms with E-state index >= 15 is 0 Å². The molecule has 5 nitrogen and oxygen atoms in total. The van der Waals surface area contributed by atoms with E-state index in [9.17, 15) is 12.8 Å². The van der Waals surface area contributed by atoms with Crippen LogP contribution < -0.4 is 0 Å². The molecule has 0 N–H and O–H groups in total. The first-order valence-electron chi connectivity index (χ1n) is 7.27. The summed E-state index contributed by atoms with van der Waals surface area (Å²) in [6.07, 6.45) is 3.93. The van der Waals surface area contributed by atoms with Gasteiger partial charge in [0.2, 0.25) is 5.03 Å². The molecular formula is C14H22FN3O2S. The van der Waals surface area contributed by atoms with Crippen molar-refractivity contribution in [2.24, 2.45) is 0 Å². The number of likely N-dealkylation sites (tertiary alicyclic amines) is 1. The third-order valence-electron chi connectivity index (χ3n) is 3.96. The summed E-state index contributed by atoms with van der Waals surface area (Å²) in [4.78, 5) is 6.03. The monoisotopic (exact) mass is 315 g/mol. The van der Waals surface area contributed by atoms with Crippen molar-refractivity contribution in [1.29, 1.82) is 0 Å². The molecule has 0 aromatic carbocycles. The molecule has 1 aromatic heterocycles. The number of halogens is 1. The van der Waals surface area contributed by atoms with Crippen LogP contribution in [0, 0.1) is 5.82 Å². The number of nitrogens with zero attached hydrogens (tertiary/aromatic N) is 3. The summed E-state index contributed by atoms with van der Waals surface area (Å²) in [6.45, 7) is 4.93. The molecule has 1 fully saturated rings. The minimum atomic E-state index is -3.87. The molecule has 2 heterocycles. The van der Waals surface area contributed by atoms with Crippen LogP contribution in [0.5, 0.6) is 0 Å². The molecule has 0 unspecified atom stereocenters. The summed E-state index contributed by atoms with van der Waals surface area (Å²) in [5.41, 5.74) is 0. The molecule has 1 saturated heterocycles. The Morgan fingerprint density at radius 2 is 2.10 bits per heavy atom. The van der Waals surface area contributed by atoms with Gasteiger partial charge in [0.15, 0.2) is 5.82 Å². The summed E-state index contributed by atoms with van der Waals surface area (Å²) in [6, 6.07) is 2.42. The second kappa shape index (κ2) is 6.81. The average Bonchev–Trinajstić information content (AvgIpc) is 2.48. The predicted molar refractivity (Wildman–Crippen MR) is 78.9 cm³/mol. The van der Waals surface area contributed by atoms with E-state index in [1.165, 1.54) is 23.6 Å². The summed E-state index contributed by atoms with van der Waals surface area (Å²) in [5, 5.41) is -0.483. The maximum Gasteiger partial charge on any atom is 0.263 e. The smallest absolute Gasteiger partial charge is 0.263 e. The van der Waals surface area contributed by atoms with Gasteiger partial charge in [0, 0.05) is 19.3 Å². The number of aromatic nitrogens is 1. The standard InChI is InChI=1S/C14H22FN3O2S/c1-3-9-18-10-6-12(7-11-18)17(2)21(19,20)14-13(15)5-4-8-16-14/h4-5,8,12H,3,6-7,9-11H2,1-2H3. The molecule has 2 rings (SSSR count). The molecule has 118 valence electrons. The molecule has 0 bridgehead atoms. The van der Waals surface area contributed by atoms with E-state index in [0.29, 0.717) is 0 Å². The lowest BCUT2D eigenvalue weighted by molar-refractivity contribution is 0.170. The molecule has 0 saturated carbocycles. The van der Waals surface area contributed by atoms with Crippen molar-refractivity contribution in [3.63, 3.8) is 0 Å². The lowest BCUT2D eigenvalue weighted by Gasteiger charge is -2.35. The topological polar surface area (TPSA) is 53.5 Å². The van der Waals surface area contributed by atoms with E-state index in [2.05, 4.69) is 16.8 Å². The Hall–Kier alpha value is -1.05. The van der Waals surface area contributed by atoms with Crippen molar-refractivity contribution in [2.75, 3.05) is 26.7 Å². The Balaban J connectivity index is 2.10.